The molecule has 0 saturated heterocycles. The molecule has 0 bridgehead atoms. The van der Waals surface area contributed by atoms with Crippen molar-refractivity contribution in [3.63, 3.8) is 0 Å². The number of sulfonamides is 1. The molecule has 0 radical (unpaired) electrons. The van der Waals surface area contributed by atoms with Gasteiger partial charge in [0.25, 0.3) is 10.0 Å². The van der Waals surface area contributed by atoms with Crippen LogP contribution in [-0.2, 0) is 16.6 Å². The maximum Gasteiger partial charge on any atom is 0.263 e. The normalized spacial score (nSPS) is 11.8. The average molecular weight is 296 g/mol. The number of pyridine rings is 1. The number of rotatable bonds is 4. The Bertz CT molecular complexity index is 719. The number of phenolic OH excluding ortho intramolecular Hbond substituents is 1. The van der Waals surface area contributed by atoms with Gasteiger partial charge in [0.2, 0.25) is 5.03 Å². The number of benzene rings is 1. The van der Waals surface area contributed by atoms with Gasteiger partial charge in [-0.15, -0.1) is 0 Å². The second-order valence-corrected chi connectivity index (χ2v) is 6.18. The standard InChI is InChI=1S/C13H13FN2O3S/c1-16(9-10-4-2-5-11(17)8-10)20(18,19)13-12(14)6-3-7-15-13/h2-8,17H,9H2,1H3. The van der Waals surface area contributed by atoms with Crippen LogP contribution in [0.2, 0.25) is 0 Å². The van der Waals surface area contributed by atoms with Crippen molar-refractivity contribution in [1.29, 1.82) is 0 Å². The van der Waals surface area contributed by atoms with Crippen LogP contribution in [0.25, 0.3) is 0 Å². The fourth-order valence-corrected chi connectivity index (χ4v) is 2.83. The number of nitrogens with zero attached hydrogens (tertiary/aromatic N) is 2. The van der Waals surface area contributed by atoms with Gasteiger partial charge < -0.3 is 5.11 Å². The first-order chi connectivity index (χ1) is 9.41. The zero-order chi connectivity index (χ0) is 14.8. The van der Waals surface area contributed by atoms with E-state index in [1.807, 2.05) is 0 Å². The van der Waals surface area contributed by atoms with Gasteiger partial charge in [0.15, 0.2) is 5.82 Å². The molecular formula is C13H13FN2O3S. The van der Waals surface area contributed by atoms with Crippen LogP contribution in [0, 0.1) is 5.82 Å². The van der Waals surface area contributed by atoms with E-state index in [-0.39, 0.29) is 12.3 Å². The summed E-state index contributed by atoms with van der Waals surface area (Å²) in [6.45, 7) is 0.00669. The quantitative estimate of drug-likeness (QED) is 0.933. The number of hydrogen-bond acceptors (Lipinski definition) is 4. The lowest BCUT2D eigenvalue weighted by molar-refractivity contribution is 0.449. The van der Waals surface area contributed by atoms with E-state index in [1.165, 1.54) is 31.4 Å². The van der Waals surface area contributed by atoms with Gasteiger partial charge in [-0.2, -0.15) is 4.31 Å². The lowest BCUT2D eigenvalue weighted by atomic mass is 10.2. The van der Waals surface area contributed by atoms with E-state index in [2.05, 4.69) is 4.98 Å². The van der Waals surface area contributed by atoms with Crippen molar-refractivity contribution < 1.29 is 17.9 Å². The SMILES string of the molecule is CN(Cc1cccc(O)c1)S(=O)(=O)c1ncccc1F. The number of phenols is 1. The van der Waals surface area contributed by atoms with Crippen molar-refractivity contribution in [1.82, 2.24) is 9.29 Å². The Kier molecular flexibility index (Phi) is 4.01. The van der Waals surface area contributed by atoms with Crippen molar-refractivity contribution in [2.45, 2.75) is 11.6 Å². The predicted molar refractivity (Wildman–Crippen MR) is 71.0 cm³/mol. The van der Waals surface area contributed by atoms with Crippen molar-refractivity contribution >= 4 is 10.0 Å². The highest BCUT2D eigenvalue weighted by atomic mass is 32.2. The van der Waals surface area contributed by atoms with Crippen LogP contribution < -0.4 is 0 Å². The summed E-state index contributed by atoms with van der Waals surface area (Å²) >= 11 is 0. The largest absolute Gasteiger partial charge is 0.508 e. The second-order valence-electron chi connectivity index (χ2n) is 4.22. The molecule has 1 heterocycles. The molecule has 0 amide bonds. The molecule has 20 heavy (non-hydrogen) atoms. The van der Waals surface area contributed by atoms with Crippen molar-refractivity contribution in [2.24, 2.45) is 0 Å². The van der Waals surface area contributed by atoms with Crippen LogP contribution in [0.4, 0.5) is 4.39 Å². The molecule has 2 aromatic rings. The molecular weight excluding hydrogens is 283 g/mol. The molecule has 0 saturated carbocycles. The maximum atomic E-state index is 13.5. The van der Waals surface area contributed by atoms with E-state index in [1.54, 1.807) is 12.1 Å². The summed E-state index contributed by atoms with van der Waals surface area (Å²) in [5.74, 6) is -0.854. The van der Waals surface area contributed by atoms with Crippen LogP contribution in [0.1, 0.15) is 5.56 Å². The number of aromatic hydroxyl groups is 1. The molecule has 0 atom stereocenters. The topological polar surface area (TPSA) is 70.5 Å². The van der Waals surface area contributed by atoms with E-state index >= 15 is 0 Å². The Labute approximate surface area is 116 Å². The van der Waals surface area contributed by atoms with E-state index < -0.39 is 20.9 Å². The Hall–Kier alpha value is -1.99. The third-order valence-corrected chi connectivity index (χ3v) is 4.43. The summed E-state index contributed by atoms with van der Waals surface area (Å²) in [5, 5.41) is 8.74. The average Bonchev–Trinajstić information content (AvgIpc) is 2.39. The van der Waals surface area contributed by atoms with Crippen LogP contribution >= 0.6 is 0 Å². The highest BCUT2D eigenvalue weighted by molar-refractivity contribution is 7.89. The second kappa shape index (κ2) is 5.56. The van der Waals surface area contributed by atoms with Gasteiger partial charge in [-0.05, 0) is 29.8 Å². The molecule has 1 N–H and O–H groups in total. The Morgan fingerprint density at radius 2 is 2.05 bits per heavy atom. The van der Waals surface area contributed by atoms with Crippen molar-refractivity contribution in [2.75, 3.05) is 7.05 Å². The van der Waals surface area contributed by atoms with Gasteiger partial charge in [0, 0.05) is 19.8 Å². The van der Waals surface area contributed by atoms with Crippen LogP contribution in [0.5, 0.6) is 5.75 Å². The molecule has 7 heteroatoms. The Morgan fingerprint density at radius 3 is 2.70 bits per heavy atom. The zero-order valence-corrected chi connectivity index (χ0v) is 11.5. The molecule has 0 aliphatic rings. The summed E-state index contributed by atoms with van der Waals surface area (Å²) in [5.41, 5.74) is 0.590. The van der Waals surface area contributed by atoms with E-state index in [0.29, 0.717) is 5.56 Å². The predicted octanol–water partition coefficient (Wildman–Crippen LogP) is 1.75. The molecule has 0 unspecified atom stereocenters. The lowest BCUT2D eigenvalue weighted by Gasteiger charge is -2.17. The lowest BCUT2D eigenvalue weighted by Crippen LogP contribution is -2.28. The minimum absolute atomic E-state index is 0.00669. The van der Waals surface area contributed by atoms with Gasteiger partial charge in [-0.3, -0.25) is 0 Å². The van der Waals surface area contributed by atoms with E-state index in [0.717, 1.165) is 10.4 Å². The molecule has 2 rings (SSSR count). The summed E-state index contributed by atoms with van der Waals surface area (Å²) in [4.78, 5) is 3.58. The zero-order valence-electron chi connectivity index (χ0n) is 10.7. The van der Waals surface area contributed by atoms with Gasteiger partial charge in [0.1, 0.15) is 5.75 Å². The molecule has 5 nitrogen and oxygen atoms in total. The first-order valence-electron chi connectivity index (χ1n) is 5.76. The van der Waals surface area contributed by atoms with Gasteiger partial charge in [0.05, 0.1) is 0 Å². The minimum Gasteiger partial charge on any atom is -0.508 e. The first kappa shape index (κ1) is 14.4. The third kappa shape index (κ3) is 2.94. The van der Waals surface area contributed by atoms with Gasteiger partial charge in [-0.1, -0.05) is 12.1 Å². The third-order valence-electron chi connectivity index (χ3n) is 2.70. The monoisotopic (exact) mass is 296 g/mol. The van der Waals surface area contributed by atoms with Gasteiger partial charge in [-0.25, -0.2) is 17.8 Å². The van der Waals surface area contributed by atoms with Crippen LogP contribution in [0.15, 0.2) is 47.6 Å². The van der Waals surface area contributed by atoms with Crippen LogP contribution in [-0.4, -0.2) is 29.9 Å². The minimum atomic E-state index is -4.02. The Morgan fingerprint density at radius 1 is 1.30 bits per heavy atom. The summed E-state index contributed by atoms with van der Waals surface area (Å²) in [6, 6.07) is 8.57. The fourth-order valence-electron chi connectivity index (χ4n) is 1.71. The highest BCUT2D eigenvalue weighted by Gasteiger charge is 2.25. The smallest absolute Gasteiger partial charge is 0.263 e. The van der Waals surface area contributed by atoms with E-state index in [9.17, 15) is 17.9 Å². The van der Waals surface area contributed by atoms with E-state index in [4.69, 9.17) is 0 Å². The summed E-state index contributed by atoms with van der Waals surface area (Å²) < 4.78 is 38.9. The molecule has 106 valence electrons. The maximum absolute atomic E-state index is 13.5. The Balaban J connectivity index is 2.29. The van der Waals surface area contributed by atoms with Crippen molar-refractivity contribution in [3.05, 3.63) is 54.0 Å². The van der Waals surface area contributed by atoms with Crippen LogP contribution in [0.3, 0.4) is 0 Å². The molecule has 1 aromatic heterocycles. The van der Waals surface area contributed by atoms with Gasteiger partial charge >= 0.3 is 0 Å². The molecule has 0 fully saturated rings. The highest BCUT2D eigenvalue weighted by Crippen LogP contribution is 2.19. The number of aromatic nitrogens is 1. The fraction of sp³-hybridized carbons (Fsp3) is 0.154. The summed E-state index contributed by atoms with van der Waals surface area (Å²) in [7, 11) is -2.69. The summed E-state index contributed by atoms with van der Waals surface area (Å²) in [6.07, 6.45) is 1.22. The number of hydrogen-bond donors (Lipinski definition) is 1. The molecule has 0 spiro atoms. The first-order valence-corrected chi connectivity index (χ1v) is 7.20. The number of halogens is 1. The van der Waals surface area contributed by atoms with Crippen molar-refractivity contribution in [3.8, 4) is 5.75 Å². The molecule has 0 aliphatic heterocycles. The molecule has 1 aromatic carbocycles. The molecule has 0 aliphatic carbocycles.